The Kier molecular flexibility index (Phi) is 5.07. The van der Waals surface area contributed by atoms with Crippen molar-refractivity contribution in [1.82, 2.24) is 9.80 Å². The number of aliphatic hydroxyl groups excluding tert-OH is 1. The van der Waals surface area contributed by atoms with E-state index in [0.29, 0.717) is 26.2 Å². The number of halogens is 2. The van der Waals surface area contributed by atoms with Gasteiger partial charge >= 0.3 is 0 Å². The second-order valence-electron chi connectivity index (χ2n) is 5.29. The largest absolute Gasteiger partial charge is 0.384 e. The van der Waals surface area contributed by atoms with Crippen molar-refractivity contribution in [1.29, 1.82) is 0 Å². The van der Waals surface area contributed by atoms with Crippen molar-refractivity contribution in [3.8, 4) is 0 Å². The van der Waals surface area contributed by atoms with Crippen LogP contribution in [0.2, 0.25) is 0 Å². The highest BCUT2D eigenvalue weighted by Gasteiger charge is 2.26. The summed E-state index contributed by atoms with van der Waals surface area (Å²) in [7, 11) is 0. The molecule has 1 aromatic rings. The van der Waals surface area contributed by atoms with Crippen molar-refractivity contribution in [2.24, 2.45) is 0 Å². The van der Waals surface area contributed by atoms with Gasteiger partial charge in [-0.25, -0.2) is 8.78 Å². The van der Waals surface area contributed by atoms with Crippen LogP contribution in [0.25, 0.3) is 0 Å². The molecular formula is C15H18F2N2O3. The van der Waals surface area contributed by atoms with Gasteiger partial charge in [-0.15, -0.1) is 0 Å². The molecule has 5 nitrogen and oxygen atoms in total. The number of carbonyl (C=O) groups excluding carboxylic acids is 2. The first-order chi connectivity index (χ1) is 10.4. The molecule has 1 unspecified atom stereocenters. The Hall–Kier alpha value is -2.02. The van der Waals surface area contributed by atoms with E-state index in [-0.39, 0.29) is 23.8 Å². The minimum atomic E-state index is -1.07. The third kappa shape index (κ3) is 3.79. The van der Waals surface area contributed by atoms with E-state index >= 15 is 0 Å². The van der Waals surface area contributed by atoms with Crippen LogP contribution < -0.4 is 0 Å². The van der Waals surface area contributed by atoms with Gasteiger partial charge in [0.1, 0.15) is 17.7 Å². The van der Waals surface area contributed by atoms with E-state index in [1.54, 1.807) is 0 Å². The van der Waals surface area contributed by atoms with E-state index in [1.807, 2.05) is 0 Å². The van der Waals surface area contributed by atoms with E-state index in [0.717, 1.165) is 18.2 Å². The van der Waals surface area contributed by atoms with Gasteiger partial charge in [-0.3, -0.25) is 9.59 Å². The Morgan fingerprint density at radius 3 is 2.36 bits per heavy atom. The molecular weight excluding hydrogens is 294 g/mol. The van der Waals surface area contributed by atoms with Crippen molar-refractivity contribution in [2.45, 2.75) is 19.4 Å². The molecule has 0 spiro atoms. The molecule has 0 radical (unpaired) electrons. The van der Waals surface area contributed by atoms with Crippen LogP contribution in [-0.4, -0.2) is 59.0 Å². The average Bonchev–Trinajstić information content (AvgIpc) is 2.50. The van der Waals surface area contributed by atoms with Gasteiger partial charge in [0.15, 0.2) is 0 Å². The molecule has 1 aliphatic heterocycles. The Labute approximate surface area is 127 Å². The van der Waals surface area contributed by atoms with Crippen molar-refractivity contribution >= 4 is 11.8 Å². The lowest BCUT2D eigenvalue weighted by molar-refractivity contribution is -0.144. The molecule has 120 valence electrons. The van der Waals surface area contributed by atoms with E-state index < -0.39 is 17.7 Å². The number of carbonyl (C=O) groups is 2. The highest BCUT2D eigenvalue weighted by atomic mass is 19.1. The molecule has 22 heavy (non-hydrogen) atoms. The first kappa shape index (κ1) is 16.4. The van der Waals surface area contributed by atoms with E-state index in [4.69, 9.17) is 0 Å². The number of amides is 2. The number of nitrogens with zero attached hydrogens (tertiary/aromatic N) is 2. The first-order valence-electron chi connectivity index (χ1n) is 7.07. The van der Waals surface area contributed by atoms with Crippen molar-refractivity contribution in [3.63, 3.8) is 0 Å². The fraction of sp³-hybridized carbons (Fsp3) is 0.467. The molecule has 1 aliphatic rings. The summed E-state index contributed by atoms with van der Waals surface area (Å²) in [4.78, 5) is 26.7. The Bertz CT molecular complexity index is 570. The number of aliphatic hydroxyl groups is 1. The standard InChI is InChI=1S/C15H18F2N2O3/c1-10(20)15(22)19-6-4-18(5-7-19)14(21)9-11-8-12(16)2-3-13(11)17/h2-3,8,10,20H,4-7,9H2,1H3. The Morgan fingerprint density at radius 1 is 1.18 bits per heavy atom. The zero-order valence-electron chi connectivity index (χ0n) is 12.3. The van der Waals surface area contributed by atoms with Gasteiger partial charge in [-0.05, 0) is 25.1 Å². The molecule has 0 aromatic heterocycles. The minimum Gasteiger partial charge on any atom is -0.384 e. The fourth-order valence-electron chi connectivity index (χ4n) is 2.39. The Balaban J connectivity index is 1.93. The smallest absolute Gasteiger partial charge is 0.251 e. The molecule has 0 bridgehead atoms. The summed E-state index contributed by atoms with van der Waals surface area (Å²) in [5, 5.41) is 9.25. The van der Waals surface area contributed by atoms with Gasteiger partial charge in [0.2, 0.25) is 5.91 Å². The van der Waals surface area contributed by atoms with Crippen LogP contribution in [-0.2, 0) is 16.0 Å². The number of piperazine rings is 1. The van der Waals surface area contributed by atoms with Gasteiger partial charge in [-0.1, -0.05) is 0 Å². The minimum absolute atomic E-state index is 0.0208. The maximum atomic E-state index is 13.5. The van der Waals surface area contributed by atoms with Crippen LogP contribution in [0, 0.1) is 11.6 Å². The molecule has 1 aromatic carbocycles. The number of rotatable bonds is 3. The van der Waals surface area contributed by atoms with Crippen LogP contribution >= 0.6 is 0 Å². The number of hydrogen-bond donors (Lipinski definition) is 1. The predicted molar refractivity (Wildman–Crippen MR) is 74.9 cm³/mol. The highest BCUT2D eigenvalue weighted by molar-refractivity contribution is 5.81. The second-order valence-corrected chi connectivity index (χ2v) is 5.29. The summed E-state index contributed by atoms with van der Waals surface area (Å²) in [5.74, 6) is -1.88. The SMILES string of the molecule is CC(O)C(=O)N1CCN(C(=O)Cc2cc(F)ccc2F)CC1. The zero-order valence-corrected chi connectivity index (χ0v) is 12.3. The van der Waals surface area contributed by atoms with Crippen LogP contribution in [0.4, 0.5) is 8.78 Å². The molecule has 1 N–H and O–H groups in total. The van der Waals surface area contributed by atoms with Crippen LogP contribution in [0.1, 0.15) is 12.5 Å². The normalized spacial score (nSPS) is 16.5. The third-order valence-corrected chi connectivity index (χ3v) is 3.65. The van der Waals surface area contributed by atoms with Crippen LogP contribution in [0.15, 0.2) is 18.2 Å². The maximum Gasteiger partial charge on any atom is 0.251 e. The fourth-order valence-corrected chi connectivity index (χ4v) is 2.39. The lowest BCUT2D eigenvalue weighted by Crippen LogP contribution is -2.52. The number of benzene rings is 1. The summed E-state index contributed by atoms with van der Waals surface area (Å²) in [6.45, 7) is 2.66. The predicted octanol–water partition coefficient (Wildman–Crippen LogP) is 0.559. The van der Waals surface area contributed by atoms with Crippen molar-refractivity contribution < 1.29 is 23.5 Å². The topological polar surface area (TPSA) is 60.9 Å². The molecule has 0 aliphatic carbocycles. The molecule has 2 rings (SSSR count). The van der Waals surface area contributed by atoms with E-state index in [1.165, 1.54) is 16.7 Å². The summed E-state index contributed by atoms with van der Waals surface area (Å²) in [6, 6.07) is 3.02. The molecule has 7 heteroatoms. The van der Waals surface area contributed by atoms with Gasteiger partial charge in [-0.2, -0.15) is 0 Å². The molecule has 2 amide bonds. The maximum absolute atomic E-state index is 13.5. The van der Waals surface area contributed by atoms with Crippen LogP contribution in [0.5, 0.6) is 0 Å². The van der Waals surface area contributed by atoms with Gasteiger partial charge in [0, 0.05) is 31.7 Å². The molecule has 1 saturated heterocycles. The van der Waals surface area contributed by atoms with Crippen molar-refractivity contribution in [3.05, 3.63) is 35.4 Å². The monoisotopic (exact) mass is 312 g/mol. The quantitative estimate of drug-likeness (QED) is 0.887. The second kappa shape index (κ2) is 6.83. The summed E-state index contributed by atoms with van der Waals surface area (Å²) < 4.78 is 26.6. The lowest BCUT2D eigenvalue weighted by Gasteiger charge is -2.35. The summed E-state index contributed by atoms with van der Waals surface area (Å²) in [5.41, 5.74) is 0.0208. The van der Waals surface area contributed by atoms with Crippen molar-refractivity contribution in [2.75, 3.05) is 26.2 Å². The Morgan fingerprint density at radius 2 is 1.77 bits per heavy atom. The first-order valence-corrected chi connectivity index (χ1v) is 7.07. The lowest BCUT2D eigenvalue weighted by atomic mass is 10.1. The van der Waals surface area contributed by atoms with E-state index in [2.05, 4.69) is 0 Å². The average molecular weight is 312 g/mol. The van der Waals surface area contributed by atoms with Gasteiger partial charge < -0.3 is 14.9 Å². The molecule has 1 heterocycles. The number of hydrogen-bond acceptors (Lipinski definition) is 3. The van der Waals surface area contributed by atoms with E-state index in [9.17, 15) is 23.5 Å². The molecule has 1 atom stereocenters. The highest BCUT2D eigenvalue weighted by Crippen LogP contribution is 2.13. The van der Waals surface area contributed by atoms with Crippen LogP contribution in [0.3, 0.4) is 0 Å². The van der Waals surface area contributed by atoms with Gasteiger partial charge in [0.05, 0.1) is 6.42 Å². The zero-order chi connectivity index (χ0) is 16.3. The molecule has 0 saturated carbocycles. The molecule has 1 fully saturated rings. The summed E-state index contributed by atoms with van der Waals surface area (Å²) in [6.07, 6.45) is -1.28. The summed E-state index contributed by atoms with van der Waals surface area (Å²) >= 11 is 0. The van der Waals surface area contributed by atoms with Gasteiger partial charge in [0.25, 0.3) is 5.91 Å². The third-order valence-electron chi connectivity index (χ3n) is 3.65.